The number of hydrogen-bond acceptors (Lipinski definition) is 7. The Balaban J connectivity index is 1.60. The Morgan fingerprint density at radius 3 is 2.92 bits per heavy atom. The number of hydrogen-bond donors (Lipinski definition) is 1. The molecule has 1 atom stereocenters. The molecule has 0 radical (unpaired) electrons. The number of aromatic amines is 1. The molecule has 0 spiro atoms. The van der Waals surface area contributed by atoms with Crippen molar-refractivity contribution in [3.05, 3.63) is 58.0 Å². The summed E-state index contributed by atoms with van der Waals surface area (Å²) in [4.78, 5) is 20.4. The van der Waals surface area contributed by atoms with E-state index in [0.717, 1.165) is 4.88 Å². The van der Waals surface area contributed by atoms with Crippen LogP contribution in [0.2, 0.25) is 0 Å². The minimum atomic E-state index is -0.146. The van der Waals surface area contributed by atoms with Crippen molar-refractivity contribution in [3.63, 3.8) is 0 Å². The van der Waals surface area contributed by atoms with Gasteiger partial charge in [0.05, 0.1) is 21.0 Å². The van der Waals surface area contributed by atoms with Gasteiger partial charge in [-0.3, -0.25) is 4.79 Å². The molecule has 4 aromatic rings. The van der Waals surface area contributed by atoms with Crippen molar-refractivity contribution in [2.45, 2.75) is 17.4 Å². The Morgan fingerprint density at radius 1 is 1.21 bits per heavy atom. The summed E-state index contributed by atoms with van der Waals surface area (Å²) in [6.45, 7) is 1.94. The molecule has 120 valence electrons. The van der Waals surface area contributed by atoms with Crippen LogP contribution in [-0.2, 0) is 0 Å². The lowest BCUT2D eigenvalue weighted by Crippen LogP contribution is -2.12. The van der Waals surface area contributed by atoms with Gasteiger partial charge < -0.3 is 9.40 Å². The van der Waals surface area contributed by atoms with Crippen LogP contribution in [0.15, 0.2) is 56.2 Å². The molecule has 8 heteroatoms. The average Bonchev–Trinajstić information content (AvgIpc) is 3.26. The van der Waals surface area contributed by atoms with Crippen molar-refractivity contribution in [1.82, 2.24) is 20.2 Å². The number of H-pyrrole nitrogens is 1. The van der Waals surface area contributed by atoms with Gasteiger partial charge in [-0.2, -0.15) is 0 Å². The molecule has 0 aliphatic heterocycles. The fourth-order valence-corrected chi connectivity index (χ4v) is 3.65. The number of benzene rings is 1. The van der Waals surface area contributed by atoms with Crippen molar-refractivity contribution in [2.24, 2.45) is 0 Å². The summed E-state index contributed by atoms with van der Waals surface area (Å²) in [5.41, 5.74) is 0.529. The molecule has 3 aromatic heterocycles. The quantitative estimate of drug-likeness (QED) is 0.559. The molecule has 24 heavy (non-hydrogen) atoms. The standard InChI is InChI=1S/C16H12N4O2S2/c1-9(13-17-11-6-3-2-5-10(11)14(21)18-13)24-16-20-19-15(22-16)12-7-4-8-23-12/h2-9H,1H3,(H,17,18,21)/t9-/m1/s1. The fourth-order valence-electron chi connectivity index (χ4n) is 2.26. The molecule has 0 bridgehead atoms. The molecular formula is C16H12N4O2S2. The van der Waals surface area contributed by atoms with E-state index in [4.69, 9.17) is 4.42 Å². The van der Waals surface area contributed by atoms with Crippen molar-refractivity contribution in [3.8, 4) is 10.8 Å². The first kappa shape index (κ1) is 15.1. The van der Waals surface area contributed by atoms with E-state index in [1.807, 2.05) is 42.6 Å². The first-order valence-electron chi connectivity index (χ1n) is 7.24. The predicted molar refractivity (Wildman–Crippen MR) is 94.2 cm³/mol. The molecule has 0 amide bonds. The molecular weight excluding hydrogens is 344 g/mol. The van der Waals surface area contributed by atoms with E-state index >= 15 is 0 Å². The summed E-state index contributed by atoms with van der Waals surface area (Å²) < 4.78 is 5.67. The molecule has 0 aliphatic carbocycles. The minimum Gasteiger partial charge on any atom is -0.410 e. The monoisotopic (exact) mass is 356 g/mol. The molecule has 0 saturated heterocycles. The molecule has 0 unspecified atom stereocenters. The Labute approximate surface area is 145 Å². The van der Waals surface area contributed by atoms with Crippen LogP contribution in [0.5, 0.6) is 0 Å². The summed E-state index contributed by atoms with van der Waals surface area (Å²) in [6.07, 6.45) is 0. The van der Waals surface area contributed by atoms with Crippen LogP contribution in [0.25, 0.3) is 21.7 Å². The third-order valence-electron chi connectivity index (χ3n) is 3.43. The normalized spacial score (nSPS) is 12.5. The molecule has 4 rings (SSSR count). The van der Waals surface area contributed by atoms with E-state index in [1.165, 1.54) is 11.8 Å². The highest BCUT2D eigenvalue weighted by atomic mass is 32.2. The average molecular weight is 356 g/mol. The zero-order valence-electron chi connectivity index (χ0n) is 12.6. The number of rotatable bonds is 4. The predicted octanol–water partition coefficient (Wildman–Crippen LogP) is 3.89. The van der Waals surface area contributed by atoms with Crippen LogP contribution in [-0.4, -0.2) is 20.2 Å². The number of fused-ring (bicyclic) bond motifs is 1. The molecule has 3 heterocycles. The summed E-state index contributed by atoms with van der Waals surface area (Å²) in [5.74, 6) is 1.08. The van der Waals surface area contributed by atoms with Crippen LogP contribution < -0.4 is 5.56 Å². The molecule has 1 aromatic carbocycles. The van der Waals surface area contributed by atoms with Crippen molar-refractivity contribution >= 4 is 34.0 Å². The smallest absolute Gasteiger partial charge is 0.277 e. The van der Waals surface area contributed by atoms with Crippen molar-refractivity contribution in [2.75, 3.05) is 0 Å². The maximum absolute atomic E-state index is 12.2. The number of thioether (sulfide) groups is 1. The summed E-state index contributed by atoms with van der Waals surface area (Å²) >= 11 is 2.91. The molecule has 0 saturated carbocycles. The van der Waals surface area contributed by atoms with E-state index in [9.17, 15) is 4.79 Å². The first-order chi connectivity index (χ1) is 11.7. The second-order valence-corrected chi connectivity index (χ2v) is 7.32. The third kappa shape index (κ3) is 2.85. The zero-order valence-corrected chi connectivity index (χ0v) is 14.2. The van der Waals surface area contributed by atoms with Crippen LogP contribution in [0.1, 0.15) is 18.0 Å². The van der Waals surface area contributed by atoms with Gasteiger partial charge in [0.15, 0.2) is 0 Å². The number of nitrogens with zero attached hydrogens (tertiary/aromatic N) is 3. The second kappa shape index (κ2) is 6.21. The van der Waals surface area contributed by atoms with Gasteiger partial charge in [0, 0.05) is 0 Å². The lowest BCUT2D eigenvalue weighted by atomic mass is 10.2. The maximum Gasteiger partial charge on any atom is 0.277 e. The topological polar surface area (TPSA) is 84.7 Å². The van der Waals surface area contributed by atoms with Crippen LogP contribution in [0.4, 0.5) is 0 Å². The highest BCUT2D eigenvalue weighted by Gasteiger charge is 2.17. The van der Waals surface area contributed by atoms with Gasteiger partial charge in [-0.25, -0.2) is 4.98 Å². The molecule has 1 N–H and O–H groups in total. The lowest BCUT2D eigenvalue weighted by molar-refractivity contribution is 0.465. The van der Waals surface area contributed by atoms with E-state index in [0.29, 0.717) is 27.8 Å². The number of nitrogens with one attached hydrogen (secondary N) is 1. The summed E-state index contributed by atoms with van der Waals surface area (Å²) in [6, 6.07) is 11.1. The van der Waals surface area contributed by atoms with Crippen LogP contribution in [0, 0.1) is 0 Å². The number of thiophene rings is 1. The Hall–Kier alpha value is -2.45. The SMILES string of the molecule is C[C@@H](Sc1nnc(-c2cccs2)o1)c1nc2ccccc2c(=O)[nH]1. The van der Waals surface area contributed by atoms with E-state index in [2.05, 4.69) is 20.2 Å². The van der Waals surface area contributed by atoms with Gasteiger partial charge in [-0.1, -0.05) is 30.0 Å². The van der Waals surface area contributed by atoms with Crippen LogP contribution in [0.3, 0.4) is 0 Å². The first-order valence-corrected chi connectivity index (χ1v) is 8.99. The van der Waals surface area contributed by atoms with Gasteiger partial charge in [0.1, 0.15) is 5.82 Å². The molecule has 0 fully saturated rings. The third-order valence-corrected chi connectivity index (χ3v) is 5.23. The van der Waals surface area contributed by atoms with E-state index in [1.54, 1.807) is 17.4 Å². The largest absolute Gasteiger partial charge is 0.410 e. The second-order valence-electron chi connectivity index (χ2n) is 5.08. The Morgan fingerprint density at radius 2 is 2.08 bits per heavy atom. The van der Waals surface area contributed by atoms with E-state index < -0.39 is 0 Å². The van der Waals surface area contributed by atoms with Gasteiger partial charge in [-0.05, 0) is 30.5 Å². The Bertz CT molecular complexity index is 1040. The summed E-state index contributed by atoms with van der Waals surface area (Å²) in [7, 11) is 0. The van der Waals surface area contributed by atoms with Crippen molar-refractivity contribution in [1.29, 1.82) is 0 Å². The molecule has 0 aliphatic rings. The zero-order chi connectivity index (χ0) is 16.5. The van der Waals surface area contributed by atoms with Gasteiger partial charge in [0.25, 0.3) is 16.7 Å². The van der Waals surface area contributed by atoms with Crippen molar-refractivity contribution < 1.29 is 4.42 Å². The highest BCUT2D eigenvalue weighted by Crippen LogP contribution is 2.34. The number of aromatic nitrogens is 4. The number of para-hydroxylation sites is 1. The lowest BCUT2D eigenvalue weighted by Gasteiger charge is -2.08. The highest BCUT2D eigenvalue weighted by molar-refractivity contribution is 7.99. The van der Waals surface area contributed by atoms with Gasteiger partial charge >= 0.3 is 0 Å². The fraction of sp³-hybridized carbons (Fsp3) is 0.125. The minimum absolute atomic E-state index is 0.126. The van der Waals surface area contributed by atoms with E-state index in [-0.39, 0.29) is 10.8 Å². The molecule has 6 nitrogen and oxygen atoms in total. The van der Waals surface area contributed by atoms with Crippen LogP contribution >= 0.6 is 23.1 Å². The van der Waals surface area contributed by atoms with Gasteiger partial charge in [-0.15, -0.1) is 21.5 Å². The van der Waals surface area contributed by atoms with Gasteiger partial charge in [0.2, 0.25) is 0 Å². The maximum atomic E-state index is 12.2. The summed E-state index contributed by atoms with van der Waals surface area (Å²) in [5, 5.41) is 11.0. The Kier molecular flexibility index (Phi) is 3.91.